The summed E-state index contributed by atoms with van der Waals surface area (Å²) in [7, 11) is 1.51. The number of ether oxygens (including phenoxy) is 2. The van der Waals surface area contributed by atoms with E-state index in [2.05, 4.69) is 5.32 Å². The van der Waals surface area contributed by atoms with E-state index in [0.717, 1.165) is 0 Å². The summed E-state index contributed by atoms with van der Waals surface area (Å²) in [5.41, 5.74) is -0.588. The summed E-state index contributed by atoms with van der Waals surface area (Å²) < 4.78 is 10.9. The van der Waals surface area contributed by atoms with Crippen LogP contribution in [0.5, 0.6) is 11.5 Å². The van der Waals surface area contributed by atoms with Gasteiger partial charge in [-0.2, -0.15) is 0 Å². The predicted octanol–water partition coefficient (Wildman–Crippen LogP) is 3.49. The number of fused-ring (bicyclic) bond motifs is 1. The smallest absolute Gasteiger partial charge is 0.280 e. The number of amides is 2. The molecule has 6 nitrogen and oxygen atoms in total. The van der Waals surface area contributed by atoms with Crippen molar-refractivity contribution in [2.45, 2.75) is 19.4 Å². The average Bonchev–Trinajstić information content (AvgIpc) is 2.63. The fraction of sp³-hybridized carbons (Fsp3) is 0.263. The van der Waals surface area contributed by atoms with Crippen molar-refractivity contribution in [2.24, 2.45) is 0 Å². The SMILES string of the molecule is CCN1C(=O)C(C)(C(=O)Nc2ccc(OC)c(Cl)c2)Oc2ccccc21. The second-order valence-electron chi connectivity index (χ2n) is 5.96. The predicted molar refractivity (Wildman–Crippen MR) is 100 cm³/mol. The zero-order chi connectivity index (χ0) is 18.9. The Morgan fingerprint density at radius 2 is 2.04 bits per heavy atom. The van der Waals surface area contributed by atoms with Gasteiger partial charge in [0, 0.05) is 12.2 Å². The number of methoxy groups -OCH3 is 1. The minimum atomic E-state index is -1.68. The molecule has 0 aliphatic carbocycles. The topological polar surface area (TPSA) is 67.9 Å². The van der Waals surface area contributed by atoms with E-state index < -0.39 is 17.4 Å². The molecule has 2 aromatic rings. The van der Waals surface area contributed by atoms with Crippen molar-refractivity contribution < 1.29 is 19.1 Å². The molecule has 136 valence electrons. The van der Waals surface area contributed by atoms with Crippen molar-refractivity contribution in [3.05, 3.63) is 47.5 Å². The lowest BCUT2D eigenvalue weighted by molar-refractivity contribution is -0.145. The van der Waals surface area contributed by atoms with Crippen molar-refractivity contribution in [3.63, 3.8) is 0 Å². The van der Waals surface area contributed by atoms with Crippen molar-refractivity contribution in [1.29, 1.82) is 0 Å². The molecule has 7 heteroatoms. The van der Waals surface area contributed by atoms with Crippen LogP contribution in [0.25, 0.3) is 0 Å². The van der Waals surface area contributed by atoms with E-state index in [9.17, 15) is 9.59 Å². The molecule has 2 aromatic carbocycles. The van der Waals surface area contributed by atoms with Crippen LogP contribution in [-0.4, -0.2) is 31.1 Å². The normalized spacial score (nSPS) is 18.8. The zero-order valence-electron chi connectivity index (χ0n) is 14.7. The van der Waals surface area contributed by atoms with Crippen LogP contribution in [0.4, 0.5) is 11.4 Å². The number of para-hydroxylation sites is 2. The minimum absolute atomic E-state index is 0.354. The molecule has 1 heterocycles. The number of nitrogens with zero attached hydrogens (tertiary/aromatic N) is 1. The van der Waals surface area contributed by atoms with Gasteiger partial charge in [0.1, 0.15) is 11.5 Å². The Balaban J connectivity index is 1.91. The highest BCUT2D eigenvalue weighted by molar-refractivity contribution is 6.32. The average molecular weight is 375 g/mol. The van der Waals surface area contributed by atoms with Crippen LogP contribution >= 0.6 is 11.6 Å². The van der Waals surface area contributed by atoms with E-state index in [-0.39, 0.29) is 0 Å². The molecule has 26 heavy (non-hydrogen) atoms. The van der Waals surface area contributed by atoms with Crippen molar-refractivity contribution in [3.8, 4) is 11.5 Å². The highest BCUT2D eigenvalue weighted by Crippen LogP contribution is 2.38. The summed E-state index contributed by atoms with van der Waals surface area (Å²) >= 11 is 6.09. The monoisotopic (exact) mass is 374 g/mol. The fourth-order valence-corrected chi connectivity index (χ4v) is 3.11. The van der Waals surface area contributed by atoms with Crippen LogP contribution in [-0.2, 0) is 9.59 Å². The first-order chi connectivity index (χ1) is 12.4. The third-order valence-corrected chi connectivity index (χ3v) is 4.58. The first-order valence-corrected chi connectivity index (χ1v) is 8.53. The molecule has 0 bridgehead atoms. The molecule has 0 radical (unpaired) electrons. The quantitative estimate of drug-likeness (QED) is 0.832. The molecule has 1 aliphatic heterocycles. The molecule has 0 spiro atoms. The lowest BCUT2D eigenvalue weighted by atomic mass is 9.99. The van der Waals surface area contributed by atoms with Gasteiger partial charge in [-0.1, -0.05) is 23.7 Å². The summed E-state index contributed by atoms with van der Waals surface area (Å²) in [4.78, 5) is 27.4. The number of carbonyl (C=O) groups is 2. The number of hydrogen-bond donors (Lipinski definition) is 1. The Bertz CT molecular complexity index is 870. The maximum Gasteiger partial charge on any atom is 0.280 e. The van der Waals surface area contributed by atoms with E-state index in [1.54, 1.807) is 41.3 Å². The highest BCUT2D eigenvalue weighted by Gasteiger charge is 2.50. The summed E-state index contributed by atoms with van der Waals surface area (Å²) in [5, 5.41) is 3.05. The number of hydrogen-bond acceptors (Lipinski definition) is 4. The first-order valence-electron chi connectivity index (χ1n) is 8.15. The van der Waals surface area contributed by atoms with Gasteiger partial charge in [0.2, 0.25) is 0 Å². The van der Waals surface area contributed by atoms with Gasteiger partial charge in [0.05, 0.1) is 17.8 Å². The van der Waals surface area contributed by atoms with Gasteiger partial charge < -0.3 is 19.7 Å². The number of benzene rings is 2. The van der Waals surface area contributed by atoms with Crippen LogP contribution in [0.1, 0.15) is 13.8 Å². The molecule has 0 saturated heterocycles. The Kier molecular flexibility index (Phi) is 4.78. The summed E-state index contributed by atoms with van der Waals surface area (Å²) in [6, 6.07) is 12.0. The van der Waals surface area contributed by atoms with Gasteiger partial charge in [-0.25, -0.2) is 0 Å². The van der Waals surface area contributed by atoms with Crippen molar-refractivity contribution in [2.75, 3.05) is 23.9 Å². The molecule has 1 aliphatic rings. The van der Waals surface area contributed by atoms with E-state index in [1.807, 2.05) is 13.0 Å². The third kappa shape index (κ3) is 2.97. The number of rotatable bonds is 4. The molecule has 0 fully saturated rings. The maximum atomic E-state index is 12.9. The van der Waals surface area contributed by atoms with Gasteiger partial charge in [0.25, 0.3) is 17.4 Å². The molecular weight excluding hydrogens is 356 g/mol. The number of anilines is 2. The minimum Gasteiger partial charge on any atom is -0.495 e. The number of nitrogens with one attached hydrogen (secondary N) is 1. The van der Waals surface area contributed by atoms with Gasteiger partial charge in [-0.3, -0.25) is 9.59 Å². The van der Waals surface area contributed by atoms with Gasteiger partial charge in [-0.15, -0.1) is 0 Å². The Morgan fingerprint density at radius 1 is 1.31 bits per heavy atom. The Morgan fingerprint density at radius 3 is 2.69 bits per heavy atom. The molecule has 1 N–H and O–H groups in total. The highest BCUT2D eigenvalue weighted by atomic mass is 35.5. The molecule has 2 amide bonds. The first kappa shape index (κ1) is 18.1. The molecule has 0 aromatic heterocycles. The summed E-state index contributed by atoms with van der Waals surface area (Å²) in [6.45, 7) is 3.74. The summed E-state index contributed by atoms with van der Waals surface area (Å²) in [6.07, 6.45) is 0. The molecule has 1 atom stereocenters. The number of carbonyl (C=O) groups excluding carboxylic acids is 2. The molecular formula is C19H19ClN2O4. The van der Waals surface area contributed by atoms with Crippen LogP contribution in [0.15, 0.2) is 42.5 Å². The molecule has 3 rings (SSSR count). The van der Waals surface area contributed by atoms with Crippen LogP contribution in [0.2, 0.25) is 5.02 Å². The van der Waals surface area contributed by atoms with Gasteiger partial charge in [-0.05, 0) is 44.2 Å². The number of halogens is 1. The second kappa shape index (κ2) is 6.88. The zero-order valence-corrected chi connectivity index (χ0v) is 15.5. The van der Waals surface area contributed by atoms with Crippen LogP contribution in [0.3, 0.4) is 0 Å². The lowest BCUT2D eigenvalue weighted by Crippen LogP contribution is -2.60. The van der Waals surface area contributed by atoms with Gasteiger partial charge in [0.15, 0.2) is 0 Å². The maximum absolute atomic E-state index is 12.9. The molecule has 0 saturated carbocycles. The van der Waals surface area contributed by atoms with Crippen molar-refractivity contribution in [1.82, 2.24) is 0 Å². The van der Waals surface area contributed by atoms with Crippen LogP contribution in [0, 0.1) is 0 Å². The standard InChI is InChI=1S/C19H19ClN2O4/c1-4-22-14-7-5-6-8-16(14)26-19(2,18(22)24)17(23)21-12-9-10-15(25-3)13(20)11-12/h5-11H,4H2,1-3H3,(H,21,23). The Hall–Kier alpha value is -2.73. The molecule has 1 unspecified atom stereocenters. The Labute approximate surface area is 156 Å². The fourth-order valence-electron chi connectivity index (χ4n) is 2.85. The lowest BCUT2D eigenvalue weighted by Gasteiger charge is -2.39. The third-order valence-electron chi connectivity index (χ3n) is 4.28. The van der Waals surface area contributed by atoms with Crippen LogP contribution < -0.4 is 19.7 Å². The summed E-state index contributed by atoms with van der Waals surface area (Å²) in [5.74, 6) is -0.0150. The second-order valence-corrected chi connectivity index (χ2v) is 6.36. The number of likely N-dealkylation sites (N-methyl/N-ethyl adjacent to an activating group) is 1. The van der Waals surface area contributed by atoms with Crippen molar-refractivity contribution >= 4 is 34.8 Å². The van der Waals surface area contributed by atoms with Gasteiger partial charge >= 0.3 is 0 Å². The van der Waals surface area contributed by atoms with E-state index >= 15 is 0 Å². The van der Waals surface area contributed by atoms with E-state index in [4.69, 9.17) is 21.1 Å². The largest absolute Gasteiger partial charge is 0.495 e. The van der Waals surface area contributed by atoms with E-state index in [1.165, 1.54) is 14.0 Å². The van der Waals surface area contributed by atoms with E-state index in [0.29, 0.717) is 34.4 Å².